The quantitative estimate of drug-likeness (QED) is 0.878. The van der Waals surface area contributed by atoms with Gasteiger partial charge in [0.15, 0.2) is 5.82 Å². The van der Waals surface area contributed by atoms with E-state index in [0.29, 0.717) is 11.3 Å². The lowest BCUT2D eigenvalue weighted by Crippen LogP contribution is -2.27. The van der Waals surface area contributed by atoms with Crippen LogP contribution in [-0.2, 0) is 6.54 Å². The van der Waals surface area contributed by atoms with Gasteiger partial charge in [-0.25, -0.2) is 0 Å². The maximum atomic E-state index is 5.38. The molecule has 18 heavy (non-hydrogen) atoms. The van der Waals surface area contributed by atoms with Gasteiger partial charge in [-0.3, -0.25) is 4.90 Å². The molecule has 1 aromatic heterocycles. The van der Waals surface area contributed by atoms with E-state index in [4.69, 9.17) is 4.52 Å². The third kappa shape index (κ3) is 2.57. The summed E-state index contributed by atoms with van der Waals surface area (Å²) in [5.74, 6) is 2.18. The van der Waals surface area contributed by atoms with Gasteiger partial charge in [0.2, 0.25) is 5.89 Å². The van der Waals surface area contributed by atoms with Crippen molar-refractivity contribution in [2.24, 2.45) is 5.41 Å². The molecule has 0 spiro atoms. The van der Waals surface area contributed by atoms with E-state index in [2.05, 4.69) is 34.2 Å². The lowest BCUT2D eigenvalue weighted by Gasteiger charge is -2.16. The van der Waals surface area contributed by atoms with Gasteiger partial charge in [-0.15, -0.1) is 0 Å². The summed E-state index contributed by atoms with van der Waals surface area (Å²) >= 11 is 0. The van der Waals surface area contributed by atoms with E-state index >= 15 is 0 Å². The number of aromatic nitrogens is 2. The zero-order valence-electron chi connectivity index (χ0n) is 11.3. The molecule has 0 amide bonds. The van der Waals surface area contributed by atoms with Gasteiger partial charge in [0.1, 0.15) is 0 Å². The number of nitrogens with zero attached hydrogens (tertiary/aromatic N) is 3. The standard InChI is InChI=1S/C13H22N4O/c1-13(2)8-10(13)12-15-11(18-16-12)9-17-6-3-4-14-5-7-17/h10,14H,3-9H2,1-2H3. The summed E-state index contributed by atoms with van der Waals surface area (Å²) < 4.78 is 5.38. The summed E-state index contributed by atoms with van der Waals surface area (Å²) in [6.07, 6.45) is 2.37. The van der Waals surface area contributed by atoms with Crippen LogP contribution in [0.15, 0.2) is 4.52 Å². The minimum atomic E-state index is 0.369. The molecule has 5 nitrogen and oxygen atoms in total. The van der Waals surface area contributed by atoms with Gasteiger partial charge in [-0.05, 0) is 31.3 Å². The molecule has 100 valence electrons. The Kier molecular flexibility index (Phi) is 3.11. The lowest BCUT2D eigenvalue weighted by molar-refractivity contribution is 0.238. The first kappa shape index (κ1) is 12.1. The van der Waals surface area contributed by atoms with Crippen LogP contribution in [0.3, 0.4) is 0 Å². The molecule has 2 heterocycles. The summed E-state index contributed by atoms with van der Waals surface area (Å²) in [6.45, 7) is 9.65. The van der Waals surface area contributed by atoms with Crippen molar-refractivity contribution < 1.29 is 4.52 Å². The predicted octanol–water partition coefficient (Wildman–Crippen LogP) is 1.38. The van der Waals surface area contributed by atoms with E-state index in [9.17, 15) is 0 Å². The maximum Gasteiger partial charge on any atom is 0.240 e. The van der Waals surface area contributed by atoms with Crippen LogP contribution in [-0.4, -0.2) is 41.2 Å². The van der Waals surface area contributed by atoms with Crippen LogP contribution in [0.5, 0.6) is 0 Å². The van der Waals surface area contributed by atoms with Crippen LogP contribution in [0, 0.1) is 5.41 Å². The summed E-state index contributed by atoms with van der Waals surface area (Å²) in [6, 6.07) is 0. The van der Waals surface area contributed by atoms with Crippen molar-refractivity contribution in [2.45, 2.75) is 39.2 Å². The normalized spacial score (nSPS) is 28.0. The molecule has 2 fully saturated rings. The second-order valence-corrected chi connectivity index (χ2v) is 6.17. The van der Waals surface area contributed by atoms with Crippen molar-refractivity contribution in [2.75, 3.05) is 26.2 Å². The average molecular weight is 250 g/mol. The van der Waals surface area contributed by atoms with Crippen molar-refractivity contribution in [1.29, 1.82) is 0 Å². The van der Waals surface area contributed by atoms with Crippen LogP contribution >= 0.6 is 0 Å². The Morgan fingerprint density at radius 1 is 1.39 bits per heavy atom. The molecule has 1 unspecified atom stereocenters. The molecule has 3 rings (SSSR count). The first-order valence-electron chi connectivity index (χ1n) is 6.91. The molecule has 1 N–H and O–H groups in total. The average Bonchev–Trinajstić information content (AvgIpc) is 2.84. The second-order valence-electron chi connectivity index (χ2n) is 6.17. The van der Waals surface area contributed by atoms with E-state index in [-0.39, 0.29) is 0 Å². The highest BCUT2D eigenvalue weighted by Gasteiger charge is 2.49. The fourth-order valence-electron chi connectivity index (χ4n) is 2.63. The SMILES string of the molecule is CC1(C)CC1c1noc(CN2CCCNCC2)n1. The molecule has 5 heteroatoms. The van der Waals surface area contributed by atoms with Gasteiger partial charge in [0.25, 0.3) is 0 Å². The fourth-order valence-corrected chi connectivity index (χ4v) is 2.63. The van der Waals surface area contributed by atoms with Crippen molar-refractivity contribution in [3.05, 3.63) is 11.7 Å². The zero-order valence-corrected chi connectivity index (χ0v) is 11.3. The third-order valence-electron chi connectivity index (χ3n) is 4.10. The smallest absolute Gasteiger partial charge is 0.240 e. The van der Waals surface area contributed by atoms with Gasteiger partial charge < -0.3 is 9.84 Å². The van der Waals surface area contributed by atoms with E-state index in [1.165, 1.54) is 12.8 Å². The van der Waals surface area contributed by atoms with E-state index in [1.54, 1.807) is 0 Å². The molecule has 0 radical (unpaired) electrons. The summed E-state index contributed by atoms with van der Waals surface area (Å²) in [4.78, 5) is 6.94. The predicted molar refractivity (Wildman–Crippen MR) is 68.2 cm³/mol. The second kappa shape index (κ2) is 4.63. The largest absolute Gasteiger partial charge is 0.338 e. The first-order chi connectivity index (χ1) is 8.65. The van der Waals surface area contributed by atoms with E-state index < -0.39 is 0 Å². The molecule has 1 aromatic rings. The van der Waals surface area contributed by atoms with Crippen LogP contribution in [0.2, 0.25) is 0 Å². The van der Waals surface area contributed by atoms with E-state index in [0.717, 1.165) is 44.4 Å². The highest BCUT2D eigenvalue weighted by atomic mass is 16.5. The molecule has 1 saturated heterocycles. The Morgan fingerprint density at radius 3 is 3.00 bits per heavy atom. The number of hydrogen-bond acceptors (Lipinski definition) is 5. The zero-order chi connectivity index (χ0) is 12.6. The van der Waals surface area contributed by atoms with Crippen LogP contribution < -0.4 is 5.32 Å². The Morgan fingerprint density at radius 2 is 2.22 bits per heavy atom. The Balaban J connectivity index is 1.59. The van der Waals surface area contributed by atoms with Gasteiger partial charge in [0.05, 0.1) is 6.54 Å². The van der Waals surface area contributed by atoms with Crippen LogP contribution in [0.25, 0.3) is 0 Å². The number of nitrogens with one attached hydrogen (secondary N) is 1. The highest BCUT2D eigenvalue weighted by molar-refractivity contribution is 5.14. The topological polar surface area (TPSA) is 54.2 Å². The number of hydrogen-bond donors (Lipinski definition) is 1. The van der Waals surface area contributed by atoms with Crippen molar-refractivity contribution in [3.8, 4) is 0 Å². The molecule has 0 bridgehead atoms. The minimum absolute atomic E-state index is 0.369. The van der Waals surface area contributed by atoms with Gasteiger partial charge in [0, 0.05) is 19.0 Å². The molecule has 0 aromatic carbocycles. The van der Waals surface area contributed by atoms with E-state index in [1.807, 2.05) is 0 Å². The Hall–Kier alpha value is -0.940. The molecule has 1 aliphatic heterocycles. The Labute approximate surface area is 108 Å². The van der Waals surface area contributed by atoms with Crippen molar-refractivity contribution >= 4 is 0 Å². The fraction of sp³-hybridized carbons (Fsp3) is 0.846. The monoisotopic (exact) mass is 250 g/mol. The lowest BCUT2D eigenvalue weighted by atomic mass is 10.1. The molecule has 1 aliphatic carbocycles. The van der Waals surface area contributed by atoms with Crippen molar-refractivity contribution in [1.82, 2.24) is 20.4 Å². The van der Waals surface area contributed by atoms with Gasteiger partial charge in [-0.2, -0.15) is 4.98 Å². The van der Waals surface area contributed by atoms with Crippen LogP contribution in [0.4, 0.5) is 0 Å². The Bertz CT molecular complexity index is 407. The maximum absolute atomic E-state index is 5.38. The molecule has 1 atom stereocenters. The van der Waals surface area contributed by atoms with Gasteiger partial charge in [-0.1, -0.05) is 19.0 Å². The summed E-state index contributed by atoms with van der Waals surface area (Å²) in [5.41, 5.74) is 0.369. The summed E-state index contributed by atoms with van der Waals surface area (Å²) in [7, 11) is 0. The summed E-state index contributed by atoms with van der Waals surface area (Å²) in [5, 5.41) is 7.53. The minimum Gasteiger partial charge on any atom is -0.338 e. The molecular weight excluding hydrogens is 228 g/mol. The van der Waals surface area contributed by atoms with Crippen molar-refractivity contribution in [3.63, 3.8) is 0 Å². The van der Waals surface area contributed by atoms with Gasteiger partial charge >= 0.3 is 0 Å². The third-order valence-corrected chi connectivity index (χ3v) is 4.10. The first-order valence-corrected chi connectivity index (χ1v) is 6.91. The van der Waals surface area contributed by atoms with Crippen LogP contribution in [0.1, 0.15) is 44.3 Å². The molecule has 2 aliphatic rings. The molecular formula is C13H22N4O. The highest BCUT2D eigenvalue weighted by Crippen LogP contribution is 2.57. The molecule has 1 saturated carbocycles. The number of rotatable bonds is 3.